The lowest BCUT2D eigenvalue weighted by atomic mass is 10.2. The van der Waals surface area contributed by atoms with Gasteiger partial charge in [0.05, 0.1) is 28.1 Å². The molecule has 0 aliphatic rings. The lowest BCUT2D eigenvalue weighted by Gasteiger charge is -2.21. The zero-order chi connectivity index (χ0) is 14.0. The number of nitrogen functional groups attached to an aromatic ring is 1. The van der Waals surface area contributed by atoms with E-state index < -0.39 is 0 Å². The number of hydrogen-bond acceptors (Lipinski definition) is 3. The minimum absolute atomic E-state index is 0.326. The fourth-order valence-electron chi connectivity index (χ4n) is 1.90. The van der Waals surface area contributed by atoms with Gasteiger partial charge in [-0.3, -0.25) is 4.98 Å². The van der Waals surface area contributed by atoms with Crippen molar-refractivity contribution in [2.75, 3.05) is 17.7 Å². The van der Waals surface area contributed by atoms with Gasteiger partial charge in [-0.05, 0) is 41.1 Å². The van der Waals surface area contributed by atoms with Crippen LogP contribution in [0.15, 0.2) is 34.8 Å². The maximum atomic E-state index is 13.6. The molecule has 2 aromatic rings. The molecule has 0 fully saturated rings. The Hall–Kier alpha value is -1.62. The molecule has 0 saturated carbocycles. The first-order valence-corrected chi connectivity index (χ1v) is 6.65. The molecule has 0 aliphatic heterocycles. The first-order chi connectivity index (χ1) is 8.97. The first kappa shape index (κ1) is 13.8. The number of pyridine rings is 1. The van der Waals surface area contributed by atoms with E-state index in [1.165, 1.54) is 6.07 Å². The van der Waals surface area contributed by atoms with Gasteiger partial charge in [0.1, 0.15) is 5.82 Å². The van der Waals surface area contributed by atoms with Gasteiger partial charge < -0.3 is 10.6 Å². The second-order valence-corrected chi connectivity index (χ2v) is 5.31. The molecule has 5 heteroatoms. The Bertz CT molecular complexity index is 601. The minimum Gasteiger partial charge on any atom is -0.397 e. The van der Waals surface area contributed by atoms with Gasteiger partial charge >= 0.3 is 0 Å². The topological polar surface area (TPSA) is 42.1 Å². The van der Waals surface area contributed by atoms with Gasteiger partial charge in [-0.25, -0.2) is 4.39 Å². The fourth-order valence-corrected chi connectivity index (χ4v) is 2.26. The largest absolute Gasteiger partial charge is 0.397 e. The van der Waals surface area contributed by atoms with Crippen molar-refractivity contribution < 1.29 is 4.39 Å². The van der Waals surface area contributed by atoms with Gasteiger partial charge in [-0.2, -0.15) is 0 Å². The highest BCUT2D eigenvalue weighted by atomic mass is 79.9. The van der Waals surface area contributed by atoms with Crippen LogP contribution >= 0.6 is 15.9 Å². The maximum absolute atomic E-state index is 13.6. The van der Waals surface area contributed by atoms with E-state index >= 15 is 0 Å². The van der Waals surface area contributed by atoms with Crippen molar-refractivity contribution in [3.63, 3.8) is 0 Å². The summed E-state index contributed by atoms with van der Waals surface area (Å²) in [6.07, 6.45) is 0. The normalized spacial score (nSPS) is 10.5. The quantitative estimate of drug-likeness (QED) is 0.879. The summed E-state index contributed by atoms with van der Waals surface area (Å²) in [4.78, 5) is 6.30. The number of rotatable bonds is 3. The highest BCUT2D eigenvalue weighted by Crippen LogP contribution is 2.29. The molecule has 100 valence electrons. The predicted octanol–water partition coefficient (Wildman–Crippen LogP) is 3.51. The molecule has 0 amide bonds. The Morgan fingerprint density at radius 1 is 1.37 bits per heavy atom. The van der Waals surface area contributed by atoms with Crippen LogP contribution in [0.25, 0.3) is 0 Å². The third-order valence-electron chi connectivity index (χ3n) is 2.83. The Morgan fingerprint density at radius 3 is 2.79 bits per heavy atom. The first-order valence-electron chi connectivity index (χ1n) is 5.85. The van der Waals surface area contributed by atoms with Gasteiger partial charge in [0.25, 0.3) is 0 Å². The molecular weight excluding hydrogens is 309 g/mol. The summed E-state index contributed by atoms with van der Waals surface area (Å²) in [6, 6.07) is 8.84. The Balaban J connectivity index is 2.25. The van der Waals surface area contributed by atoms with Crippen LogP contribution in [0.1, 0.15) is 11.4 Å². The molecule has 3 nitrogen and oxygen atoms in total. The van der Waals surface area contributed by atoms with E-state index in [2.05, 4.69) is 20.9 Å². The number of aromatic nitrogens is 1. The second-order valence-electron chi connectivity index (χ2n) is 4.45. The van der Waals surface area contributed by atoms with E-state index in [0.717, 1.165) is 11.4 Å². The van der Waals surface area contributed by atoms with Gasteiger partial charge in [-0.15, -0.1) is 0 Å². The van der Waals surface area contributed by atoms with Gasteiger partial charge in [0, 0.05) is 18.8 Å². The van der Waals surface area contributed by atoms with Crippen LogP contribution in [0, 0.1) is 12.7 Å². The van der Waals surface area contributed by atoms with Crippen LogP contribution in [0.3, 0.4) is 0 Å². The molecule has 0 spiro atoms. The van der Waals surface area contributed by atoms with Crippen LogP contribution in [0.4, 0.5) is 15.8 Å². The van der Waals surface area contributed by atoms with Crippen LogP contribution < -0.4 is 10.6 Å². The van der Waals surface area contributed by atoms with E-state index in [4.69, 9.17) is 5.73 Å². The van der Waals surface area contributed by atoms with E-state index in [-0.39, 0.29) is 5.82 Å². The average Bonchev–Trinajstić information content (AvgIpc) is 2.33. The molecule has 0 radical (unpaired) electrons. The molecule has 2 rings (SSSR count). The van der Waals surface area contributed by atoms with Crippen molar-refractivity contribution in [3.8, 4) is 0 Å². The predicted molar refractivity (Wildman–Crippen MR) is 79.6 cm³/mol. The van der Waals surface area contributed by atoms with Crippen molar-refractivity contribution in [1.29, 1.82) is 0 Å². The lowest BCUT2D eigenvalue weighted by molar-refractivity contribution is 0.620. The molecule has 2 N–H and O–H groups in total. The molecule has 0 aliphatic carbocycles. The summed E-state index contributed by atoms with van der Waals surface area (Å²) in [6.45, 7) is 2.52. The zero-order valence-corrected chi connectivity index (χ0v) is 12.4. The van der Waals surface area contributed by atoms with Crippen LogP contribution in [0.2, 0.25) is 0 Å². The summed E-state index contributed by atoms with van der Waals surface area (Å²) < 4.78 is 13.9. The number of hydrogen-bond donors (Lipinski definition) is 1. The molecule has 0 saturated heterocycles. The summed E-state index contributed by atoms with van der Waals surface area (Å²) in [7, 11) is 1.86. The van der Waals surface area contributed by atoms with E-state index in [1.807, 2.05) is 37.1 Å². The molecular formula is C14H15BrFN3. The average molecular weight is 324 g/mol. The van der Waals surface area contributed by atoms with Crippen molar-refractivity contribution in [1.82, 2.24) is 4.98 Å². The second kappa shape index (κ2) is 5.57. The van der Waals surface area contributed by atoms with E-state index in [1.54, 1.807) is 6.07 Å². The minimum atomic E-state index is -0.326. The summed E-state index contributed by atoms with van der Waals surface area (Å²) in [5.74, 6) is -0.326. The smallest absolute Gasteiger partial charge is 0.139 e. The fraction of sp³-hybridized carbons (Fsp3) is 0.214. The third-order valence-corrected chi connectivity index (χ3v) is 3.43. The summed E-state index contributed by atoms with van der Waals surface area (Å²) in [5, 5.41) is 0. The number of nitrogens with zero attached hydrogens (tertiary/aromatic N) is 2. The summed E-state index contributed by atoms with van der Waals surface area (Å²) >= 11 is 3.12. The standard InChI is InChI=1S/C14H15BrFN3/c1-9-4-3-5-10(18-9)8-19(2)14-7-12(16)11(15)6-13(14)17/h3-7H,8,17H2,1-2H3. The molecule has 1 aromatic carbocycles. The molecule has 19 heavy (non-hydrogen) atoms. The Kier molecular flexibility index (Phi) is 4.04. The number of benzene rings is 1. The Morgan fingerprint density at radius 2 is 2.11 bits per heavy atom. The van der Waals surface area contributed by atoms with Crippen LogP contribution in [0.5, 0.6) is 0 Å². The van der Waals surface area contributed by atoms with Crippen molar-refractivity contribution in [2.24, 2.45) is 0 Å². The SMILES string of the molecule is Cc1cccc(CN(C)c2cc(F)c(Br)cc2N)n1. The zero-order valence-electron chi connectivity index (χ0n) is 10.8. The molecule has 0 bridgehead atoms. The van der Waals surface area contributed by atoms with Crippen LogP contribution in [-0.4, -0.2) is 12.0 Å². The third kappa shape index (κ3) is 3.23. The highest BCUT2D eigenvalue weighted by Gasteiger charge is 2.11. The van der Waals surface area contributed by atoms with Gasteiger partial charge in [-0.1, -0.05) is 6.07 Å². The number of nitrogens with two attached hydrogens (primary N) is 1. The van der Waals surface area contributed by atoms with Crippen molar-refractivity contribution >= 4 is 27.3 Å². The number of anilines is 2. The molecule has 1 aromatic heterocycles. The molecule has 1 heterocycles. The summed E-state index contributed by atoms with van der Waals surface area (Å²) in [5.41, 5.74) is 8.98. The van der Waals surface area contributed by atoms with Crippen LogP contribution in [-0.2, 0) is 6.54 Å². The Labute approximate surface area is 120 Å². The molecule has 0 atom stereocenters. The van der Waals surface area contributed by atoms with E-state index in [9.17, 15) is 4.39 Å². The maximum Gasteiger partial charge on any atom is 0.139 e. The number of aryl methyl sites for hydroxylation is 1. The molecule has 0 unspecified atom stereocenters. The monoisotopic (exact) mass is 323 g/mol. The highest BCUT2D eigenvalue weighted by molar-refractivity contribution is 9.10. The van der Waals surface area contributed by atoms with Gasteiger partial charge in [0.15, 0.2) is 0 Å². The van der Waals surface area contributed by atoms with E-state index in [0.29, 0.717) is 22.4 Å². The van der Waals surface area contributed by atoms with Crippen molar-refractivity contribution in [3.05, 3.63) is 52.0 Å². The van der Waals surface area contributed by atoms with Gasteiger partial charge in [0.2, 0.25) is 0 Å². The number of halogens is 2. The lowest BCUT2D eigenvalue weighted by Crippen LogP contribution is -2.19. The van der Waals surface area contributed by atoms with Crippen molar-refractivity contribution in [2.45, 2.75) is 13.5 Å².